The Hall–Kier alpha value is -1.75. The molecule has 0 aliphatic heterocycles. The van der Waals surface area contributed by atoms with E-state index in [0.29, 0.717) is 32.3 Å². The number of nitrogens with zero attached hydrogens (tertiary/aromatic N) is 4. The van der Waals surface area contributed by atoms with Crippen molar-refractivity contribution in [2.24, 2.45) is 12.0 Å². The molecule has 2 N–H and O–H groups in total. The number of hydrogen-bond acceptors (Lipinski definition) is 4. The van der Waals surface area contributed by atoms with E-state index in [9.17, 15) is 4.39 Å². The van der Waals surface area contributed by atoms with Crippen molar-refractivity contribution in [1.82, 2.24) is 25.4 Å². The molecule has 0 saturated carbocycles. The van der Waals surface area contributed by atoms with Crippen molar-refractivity contribution in [2.75, 3.05) is 19.8 Å². The van der Waals surface area contributed by atoms with Gasteiger partial charge in [0.2, 0.25) is 0 Å². The first-order valence-electron chi connectivity index (χ1n) is 8.79. The van der Waals surface area contributed by atoms with Gasteiger partial charge in [-0.1, -0.05) is 12.1 Å². The maximum atomic E-state index is 13.3. The number of rotatable bonds is 9. The summed E-state index contributed by atoms with van der Waals surface area (Å²) >= 11 is 0. The second-order valence-electron chi connectivity index (χ2n) is 5.85. The Balaban J connectivity index is 0.00000364. The first kappa shape index (κ1) is 23.3. The van der Waals surface area contributed by atoms with Crippen LogP contribution >= 0.6 is 24.0 Å². The van der Waals surface area contributed by atoms with Crippen molar-refractivity contribution < 1.29 is 9.13 Å². The molecule has 1 heterocycles. The van der Waals surface area contributed by atoms with Gasteiger partial charge in [0.15, 0.2) is 11.8 Å². The van der Waals surface area contributed by atoms with E-state index in [2.05, 4.69) is 25.8 Å². The fraction of sp³-hybridized carbons (Fsp3) is 0.500. The summed E-state index contributed by atoms with van der Waals surface area (Å²) in [5.74, 6) is 2.06. The number of halogens is 2. The van der Waals surface area contributed by atoms with Gasteiger partial charge in [-0.25, -0.2) is 9.38 Å². The topological polar surface area (TPSA) is 76.4 Å². The molecule has 0 aliphatic carbocycles. The Labute approximate surface area is 176 Å². The Morgan fingerprint density at radius 3 is 2.78 bits per heavy atom. The van der Waals surface area contributed by atoms with Crippen LogP contribution in [0.5, 0.6) is 0 Å². The molecule has 27 heavy (non-hydrogen) atoms. The van der Waals surface area contributed by atoms with Crippen LogP contribution in [0.25, 0.3) is 0 Å². The van der Waals surface area contributed by atoms with Crippen molar-refractivity contribution >= 4 is 29.9 Å². The molecule has 2 rings (SSSR count). The quantitative estimate of drug-likeness (QED) is 0.245. The molecule has 1 aromatic heterocycles. The highest BCUT2D eigenvalue weighted by atomic mass is 127. The average Bonchev–Trinajstić information content (AvgIpc) is 2.95. The van der Waals surface area contributed by atoms with Gasteiger partial charge in [0.05, 0.1) is 13.1 Å². The lowest BCUT2D eigenvalue weighted by Gasteiger charge is -2.12. The van der Waals surface area contributed by atoms with Crippen molar-refractivity contribution in [1.29, 1.82) is 0 Å². The van der Waals surface area contributed by atoms with Crippen LogP contribution in [0.1, 0.15) is 30.6 Å². The van der Waals surface area contributed by atoms with E-state index in [-0.39, 0.29) is 29.8 Å². The van der Waals surface area contributed by atoms with Gasteiger partial charge in [-0.05, 0) is 38.0 Å². The van der Waals surface area contributed by atoms with Crippen LogP contribution < -0.4 is 10.6 Å². The molecule has 1 aromatic carbocycles. The van der Waals surface area contributed by atoms with Crippen molar-refractivity contribution in [3.05, 3.63) is 47.3 Å². The van der Waals surface area contributed by atoms with E-state index in [1.54, 1.807) is 6.07 Å². The molecule has 0 fully saturated rings. The van der Waals surface area contributed by atoms with Crippen LogP contribution in [0.4, 0.5) is 4.39 Å². The molecular formula is C18H28FIN6O. The summed E-state index contributed by atoms with van der Waals surface area (Å²) in [6.45, 7) is 6.90. The van der Waals surface area contributed by atoms with E-state index in [0.717, 1.165) is 30.2 Å². The first-order chi connectivity index (χ1) is 12.6. The number of aromatic nitrogens is 3. The number of nitrogens with one attached hydrogen (secondary N) is 2. The largest absolute Gasteiger partial charge is 0.382 e. The molecule has 0 bridgehead atoms. The zero-order chi connectivity index (χ0) is 18.8. The van der Waals surface area contributed by atoms with Gasteiger partial charge in [-0.15, -0.1) is 34.2 Å². The van der Waals surface area contributed by atoms with E-state index >= 15 is 0 Å². The Morgan fingerprint density at radius 2 is 2.11 bits per heavy atom. The SMILES string of the molecule is CCOCCCNC(=NCc1cccc(F)c1)NCc1nnc(C)n1C.I. The van der Waals surface area contributed by atoms with Gasteiger partial charge >= 0.3 is 0 Å². The second-order valence-corrected chi connectivity index (χ2v) is 5.85. The summed E-state index contributed by atoms with van der Waals surface area (Å²) in [6.07, 6.45) is 0.873. The highest BCUT2D eigenvalue weighted by Crippen LogP contribution is 2.04. The number of aryl methyl sites for hydroxylation is 1. The smallest absolute Gasteiger partial charge is 0.191 e. The van der Waals surface area contributed by atoms with Gasteiger partial charge in [0.25, 0.3) is 0 Å². The van der Waals surface area contributed by atoms with E-state index in [1.165, 1.54) is 12.1 Å². The van der Waals surface area contributed by atoms with E-state index in [1.807, 2.05) is 31.5 Å². The maximum absolute atomic E-state index is 13.3. The fourth-order valence-corrected chi connectivity index (χ4v) is 2.27. The lowest BCUT2D eigenvalue weighted by molar-refractivity contribution is 0.145. The Morgan fingerprint density at radius 1 is 1.30 bits per heavy atom. The van der Waals surface area contributed by atoms with Gasteiger partial charge in [0, 0.05) is 26.8 Å². The minimum atomic E-state index is -0.258. The van der Waals surface area contributed by atoms with E-state index in [4.69, 9.17) is 4.74 Å². The van der Waals surface area contributed by atoms with Crippen LogP contribution in [-0.4, -0.2) is 40.5 Å². The minimum Gasteiger partial charge on any atom is -0.382 e. The number of benzene rings is 1. The molecule has 0 aliphatic rings. The molecule has 2 aromatic rings. The number of aliphatic imine (C=N–C) groups is 1. The summed E-state index contributed by atoms with van der Waals surface area (Å²) in [5.41, 5.74) is 0.815. The highest BCUT2D eigenvalue weighted by Gasteiger charge is 2.06. The van der Waals surface area contributed by atoms with Gasteiger partial charge in [-0.3, -0.25) is 0 Å². The molecule has 0 radical (unpaired) electrons. The van der Waals surface area contributed by atoms with Gasteiger partial charge in [-0.2, -0.15) is 0 Å². The maximum Gasteiger partial charge on any atom is 0.191 e. The fourth-order valence-electron chi connectivity index (χ4n) is 2.27. The summed E-state index contributed by atoms with van der Waals surface area (Å²) in [6, 6.07) is 6.45. The van der Waals surface area contributed by atoms with Crippen LogP contribution in [0, 0.1) is 12.7 Å². The summed E-state index contributed by atoms with van der Waals surface area (Å²) in [5, 5.41) is 14.7. The summed E-state index contributed by atoms with van der Waals surface area (Å²) in [7, 11) is 1.92. The standard InChI is InChI=1S/C18H27FN6O.HI/c1-4-26-10-6-9-20-18(21-12-15-7-5-8-16(19)11-15)22-13-17-24-23-14(2)25(17)3;/h5,7-8,11H,4,6,9-10,12-13H2,1-3H3,(H2,20,21,22);1H. The highest BCUT2D eigenvalue weighted by molar-refractivity contribution is 14.0. The molecule has 7 nitrogen and oxygen atoms in total. The zero-order valence-electron chi connectivity index (χ0n) is 16.0. The van der Waals surface area contributed by atoms with E-state index < -0.39 is 0 Å². The molecule has 9 heteroatoms. The third-order valence-corrected chi connectivity index (χ3v) is 3.87. The lowest BCUT2D eigenvalue weighted by atomic mass is 10.2. The summed E-state index contributed by atoms with van der Waals surface area (Å²) in [4.78, 5) is 4.53. The number of guanidine groups is 1. The van der Waals surface area contributed by atoms with Crippen molar-refractivity contribution in [2.45, 2.75) is 33.4 Å². The van der Waals surface area contributed by atoms with Crippen LogP contribution in [-0.2, 0) is 24.9 Å². The van der Waals surface area contributed by atoms with Crippen LogP contribution in [0.2, 0.25) is 0 Å². The number of ether oxygens (including phenoxy) is 1. The Bertz CT molecular complexity index is 722. The molecule has 0 saturated heterocycles. The monoisotopic (exact) mass is 490 g/mol. The molecule has 0 amide bonds. The molecule has 0 atom stereocenters. The van der Waals surface area contributed by atoms with Crippen LogP contribution in [0.3, 0.4) is 0 Å². The second kappa shape index (κ2) is 12.6. The average molecular weight is 490 g/mol. The molecule has 0 unspecified atom stereocenters. The molecular weight excluding hydrogens is 462 g/mol. The first-order valence-corrected chi connectivity index (χ1v) is 8.79. The zero-order valence-corrected chi connectivity index (χ0v) is 18.4. The normalized spacial score (nSPS) is 11.2. The number of hydrogen-bond donors (Lipinski definition) is 2. The predicted molar refractivity (Wildman–Crippen MR) is 115 cm³/mol. The Kier molecular flexibility index (Phi) is 10.9. The third-order valence-electron chi connectivity index (χ3n) is 3.87. The van der Waals surface area contributed by atoms with Gasteiger partial charge in [0.1, 0.15) is 11.6 Å². The summed E-state index contributed by atoms with van der Waals surface area (Å²) < 4.78 is 20.6. The minimum absolute atomic E-state index is 0. The van der Waals surface area contributed by atoms with Crippen molar-refractivity contribution in [3.8, 4) is 0 Å². The lowest BCUT2D eigenvalue weighted by Crippen LogP contribution is -2.38. The predicted octanol–water partition coefficient (Wildman–Crippen LogP) is 2.54. The van der Waals surface area contributed by atoms with Crippen molar-refractivity contribution in [3.63, 3.8) is 0 Å². The molecule has 150 valence electrons. The third kappa shape index (κ3) is 8.21. The van der Waals surface area contributed by atoms with Gasteiger partial charge < -0.3 is 19.9 Å². The van der Waals surface area contributed by atoms with Crippen LogP contribution in [0.15, 0.2) is 29.3 Å². The molecule has 0 spiro atoms.